The highest BCUT2D eigenvalue weighted by atomic mass is 32.1. The molecule has 35 heavy (non-hydrogen) atoms. The van der Waals surface area contributed by atoms with Crippen LogP contribution in [0.1, 0.15) is 37.9 Å². The molecule has 0 radical (unpaired) electrons. The van der Waals surface area contributed by atoms with Crippen molar-refractivity contribution in [2.24, 2.45) is 0 Å². The van der Waals surface area contributed by atoms with Crippen LogP contribution in [-0.4, -0.2) is 29.2 Å². The van der Waals surface area contributed by atoms with Gasteiger partial charge in [0.25, 0.3) is 0 Å². The second-order valence-electron chi connectivity index (χ2n) is 9.25. The van der Waals surface area contributed by atoms with E-state index < -0.39 is 18.4 Å². The maximum atomic E-state index is 13.9. The zero-order valence-corrected chi connectivity index (χ0v) is 20.7. The number of alkyl halides is 1. The minimum atomic E-state index is -0.950. The van der Waals surface area contributed by atoms with Crippen molar-refractivity contribution in [1.29, 1.82) is 0 Å². The molecule has 0 saturated heterocycles. The minimum Gasteiger partial charge on any atom is -0.463 e. The van der Waals surface area contributed by atoms with Gasteiger partial charge in [-0.15, -0.1) is 0 Å². The molecule has 0 bridgehead atoms. The van der Waals surface area contributed by atoms with E-state index in [0.717, 1.165) is 16.5 Å². The summed E-state index contributed by atoms with van der Waals surface area (Å²) in [6.07, 6.45) is 1.92. The van der Waals surface area contributed by atoms with Crippen LogP contribution in [0, 0.1) is 0 Å². The molecule has 1 unspecified atom stereocenters. The first-order valence-electron chi connectivity index (χ1n) is 11.3. The third kappa shape index (κ3) is 5.71. The van der Waals surface area contributed by atoms with Crippen molar-refractivity contribution in [3.8, 4) is 5.75 Å². The number of anilines is 1. The number of rotatable bonds is 8. The topological polar surface area (TPSA) is 74.4 Å². The number of hydrogen-bond donors (Lipinski definition) is 2. The predicted octanol–water partition coefficient (Wildman–Crippen LogP) is 5.77. The molecule has 2 aromatic heterocycles. The van der Waals surface area contributed by atoms with Gasteiger partial charge in [0.1, 0.15) is 11.8 Å². The van der Waals surface area contributed by atoms with Crippen molar-refractivity contribution in [3.63, 3.8) is 0 Å². The number of carbonyl (C=O) groups is 2. The second kappa shape index (κ2) is 10.3. The van der Waals surface area contributed by atoms with Crippen LogP contribution in [0.3, 0.4) is 0 Å². The van der Waals surface area contributed by atoms with E-state index in [1.54, 1.807) is 24.3 Å². The fourth-order valence-electron chi connectivity index (χ4n) is 4.02. The zero-order valence-electron chi connectivity index (χ0n) is 19.9. The highest BCUT2D eigenvalue weighted by molar-refractivity contribution is 7.08. The van der Waals surface area contributed by atoms with Gasteiger partial charge in [0, 0.05) is 28.3 Å². The van der Waals surface area contributed by atoms with E-state index in [0.29, 0.717) is 17.0 Å². The van der Waals surface area contributed by atoms with E-state index in [1.165, 1.54) is 16.2 Å². The van der Waals surface area contributed by atoms with Gasteiger partial charge in [0.2, 0.25) is 18.7 Å². The summed E-state index contributed by atoms with van der Waals surface area (Å²) in [5, 5.41) is 7.74. The van der Waals surface area contributed by atoms with Gasteiger partial charge in [0.05, 0.1) is 6.42 Å². The predicted molar refractivity (Wildman–Crippen MR) is 137 cm³/mol. The Balaban J connectivity index is 1.77. The Hall–Kier alpha value is -3.65. The first-order valence-corrected chi connectivity index (χ1v) is 12.2. The highest BCUT2D eigenvalue weighted by Crippen LogP contribution is 2.32. The van der Waals surface area contributed by atoms with Crippen LogP contribution in [0.2, 0.25) is 0 Å². The Labute approximate surface area is 207 Å². The molecule has 4 aromatic rings. The standard InChI is InChI=1S/C27H28FN3O3S/c1-27(2,3)30-26(33)25(18-12-13-35-16-18)31(20-8-10-21(11-9-20)34-17-28)24(32)14-19-15-29-23-7-5-4-6-22(19)23/h4-13,15-16,25,29H,14,17H2,1-3H3,(H,30,33). The van der Waals surface area contributed by atoms with Crippen LogP contribution < -0.4 is 15.0 Å². The van der Waals surface area contributed by atoms with Crippen molar-refractivity contribution in [2.45, 2.75) is 38.8 Å². The summed E-state index contributed by atoms with van der Waals surface area (Å²) in [4.78, 5) is 32.2. The van der Waals surface area contributed by atoms with Gasteiger partial charge in [-0.2, -0.15) is 11.3 Å². The fraction of sp³-hybridized carbons (Fsp3) is 0.259. The van der Waals surface area contributed by atoms with Gasteiger partial charge in [-0.1, -0.05) is 18.2 Å². The van der Waals surface area contributed by atoms with Gasteiger partial charge < -0.3 is 15.0 Å². The number of nitrogens with one attached hydrogen (secondary N) is 2. The normalized spacial score (nSPS) is 12.3. The lowest BCUT2D eigenvalue weighted by Gasteiger charge is -2.33. The lowest BCUT2D eigenvalue weighted by atomic mass is 10.0. The van der Waals surface area contributed by atoms with Gasteiger partial charge in [0.15, 0.2) is 0 Å². The largest absolute Gasteiger partial charge is 0.463 e. The molecule has 0 aliphatic carbocycles. The number of H-pyrrole nitrogens is 1. The van der Waals surface area contributed by atoms with Gasteiger partial charge in [-0.25, -0.2) is 4.39 Å². The Morgan fingerprint density at radius 2 is 1.86 bits per heavy atom. The van der Waals surface area contributed by atoms with Crippen LogP contribution in [0.15, 0.2) is 71.6 Å². The molecule has 6 nitrogen and oxygen atoms in total. The highest BCUT2D eigenvalue weighted by Gasteiger charge is 2.35. The Bertz CT molecular complexity index is 1290. The first-order chi connectivity index (χ1) is 16.8. The van der Waals surface area contributed by atoms with Crippen LogP contribution in [0.5, 0.6) is 5.75 Å². The van der Waals surface area contributed by atoms with Crippen LogP contribution in [0.25, 0.3) is 10.9 Å². The number of nitrogens with zero attached hydrogens (tertiary/aromatic N) is 1. The molecule has 0 aliphatic heterocycles. The SMILES string of the molecule is CC(C)(C)NC(=O)C(c1ccsc1)N(C(=O)Cc1c[nH]c2ccccc12)c1ccc(OCF)cc1. The molecule has 0 aliphatic rings. The Kier molecular flexibility index (Phi) is 7.21. The lowest BCUT2D eigenvalue weighted by Crippen LogP contribution is -2.49. The number of aromatic nitrogens is 1. The van der Waals surface area contributed by atoms with Crippen molar-refractivity contribution < 1.29 is 18.7 Å². The van der Waals surface area contributed by atoms with E-state index in [-0.39, 0.29) is 18.2 Å². The average Bonchev–Trinajstić information content (AvgIpc) is 3.48. The van der Waals surface area contributed by atoms with E-state index in [4.69, 9.17) is 4.74 Å². The van der Waals surface area contributed by atoms with E-state index >= 15 is 0 Å². The molecule has 2 amide bonds. The molecular weight excluding hydrogens is 465 g/mol. The summed E-state index contributed by atoms with van der Waals surface area (Å²) in [5.41, 5.74) is 2.52. The molecule has 8 heteroatoms. The van der Waals surface area contributed by atoms with Gasteiger partial charge >= 0.3 is 0 Å². The molecule has 4 rings (SSSR count). The molecule has 2 N–H and O–H groups in total. The quantitative estimate of drug-likeness (QED) is 0.327. The number of aromatic amines is 1. The number of ether oxygens (including phenoxy) is 1. The average molecular weight is 494 g/mol. The summed E-state index contributed by atoms with van der Waals surface area (Å²) in [7, 11) is 0. The lowest BCUT2D eigenvalue weighted by molar-refractivity contribution is -0.127. The number of para-hydroxylation sites is 1. The number of hydrogen-bond acceptors (Lipinski definition) is 4. The maximum absolute atomic E-state index is 13.9. The molecule has 2 heterocycles. The van der Waals surface area contributed by atoms with Crippen molar-refractivity contribution >= 4 is 39.7 Å². The van der Waals surface area contributed by atoms with Gasteiger partial charge in [-0.05, 0) is 79.1 Å². The summed E-state index contributed by atoms with van der Waals surface area (Å²) >= 11 is 1.46. The van der Waals surface area contributed by atoms with E-state index in [1.807, 2.05) is 68.1 Å². The molecular formula is C27H28FN3O3S. The molecule has 2 aromatic carbocycles. The second-order valence-corrected chi connectivity index (χ2v) is 10.0. The summed E-state index contributed by atoms with van der Waals surface area (Å²) in [5.74, 6) is -0.187. The third-order valence-corrected chi connectivity index (χ3v) is 6.19. The van der Waals surface area contributed by atoms with Crippen molar-refractivity contribution in [1.82, 2.24) is 10.3 Å². The van der Waals surface area contributed by atoms with Crippen LogP contribution in [0.4, 0.5) is 10.1 Å². The van der Waals surface area contributed by atoms with E-state index in [2.05, 4.69) is 10.3 Å². The van der Waals surface area contributed by atoms with E-state index in [9.17, 15) is 14.0 Å². The third-order valence-electron chi connectivity index (χ3n) is 5.49. The van der Waals surface area contributed by atoms with Gasteiger partial charge in [-0.3, -0.25) is 14.5 Å². The molecule has 0 saturated carbocycles. The number of fused-ring (bicyclic) bond motifs is 1. The van der Waals surface area contributed by atoms with Crippen molar-refractivity contribution in [2.75, 3.05) is 11.8 Å². The maximum Gasteiger partial charge on any atom is 0.248 e. The number of amides is 2. The van der Waals surface area contributed by atoms with Crippen LogP contribution >= 0.6 is 11.3 Å². The summed E-state index contributed by atoms with van der Waals surface area (Å²) < 4.78 is 17.6. The number of carbonyl (C=O) groups excluding carboxylic acids is 2. The summed E-state index contributed by atoms with van der Waals surface area (Å²) in [6.45, 7) is 4.75. The smallest absolute Gasteiger partial charge is 0.248 e. The molecule has 0 fully saturated rings. The minimum absolute atomic E-state index is 0.0934. The van der Waals surface area contributed by atoms with Crippen LogP contribution in [-0.2, 0) is 16.0 Å². The summed E-state index contributed by atoms with van der Waals surface area (Å²) in [6, 6.07) is 15.3. The monoisotopic (exact) mass is 493 g/mol. The fourth-order valence-corrected chi connectivity index (χ4v) is 4.69. The first kappa shape index (κ1) is 24.5. The van der Waals surface area contributed by atoms with Crippen molar-refractivity contribution in [3.05, 3.63) is 82.7 Å². The molecule has 1 atom stereocenters. The number of halogens is 1. The Morgan fingerprint density at radius 3 is 2.51 bits per heavy atom. The molecule has 0 spiro atoms. The molecule has 182 valence electrons. The Morgan fingerprint density at radius 1 is 1.11 bits per heavy atom. The zero-order chi connectivity index (χ0) is 25.0. The number of benzene rings is 2. The number of thiophene rings is 1.